The molecular weight excluding hydrogens is 196 g/mol. The summed E-state index contributed by atoms with van der Waals surface area (Å²) in [5, 5.41) is 8.46. The summed E-state index contributed by atoms with van der Waals surface area (Å²) in [4.78, 5) is 13.3. The normalized spacial score (nSPS) is 9.93. The highest BCUT2D eigenvalue weighted by molar-refractivity contribution is 7.80. The topological polar surface area (TPSA) is 44.1 Å². The Morgan fingerprint density at radius 3 is 2.64 bits per heavy atom. The first-order chi connectivity index (χ1) is 6.61. The Labute approximate surface area is 91.5 Å². The van der Waals surface area contributed by atoms with Crippen LogP contribution in [0.2, 0.25) is 0 Å². The standard InChI is InChI=1S/C10H18N2OS/c1-9(2)8-12(6-3-5-11)10(13)4-7-14/h9,14H,3-4,6-8H2,1-2H3. The average Bonchev–Trinajstić information content (AvgIpc) is 2.12. The molecule has 14 heavy (non-hydrogen) atoms. The molecule has 80 valence electrons. The molecule has 0 radical (unpaired) electrons. The number of nitriles is 1. The second kappa shape index (κ2) is 7.69. The van der Waals surface area contributed by atoms with Crippen LogP contribution in [0.5, 0.6) is 0 Å². The third-order valence-electron chi connectivity index (χ3n) is 1.76. The molecule has 0 N–H and O–H groups in total. The van der Waals surface area contributed by atoms with Crippen molar-refractivity contribution in [1.82, 2.24) is 4.90 Å². The number of nitrogens with zero attached hydrogens (tertiary/aromatic N) is 2. The highest BCUT2D eigenvalue weighted by atomic mass is 32.1. The molecule has 0 heterocycles. The number of carbonyl (C=O) groups excluding carboxylic acids is 1. The summed E-state index contributed by atoms with van der Waals surface area (Å²) in [7, 11) is 0. The van der Waals surface area contributed by atoms with Crippen molar-refractivity contribution in [3.63, 3.8) is 0 Å². The van der Waals surface area contributed by atoms with E-state index in [0.717, 1.165) is 6.54 Å². The van der Waals surface area contributed by atoms with Crippen LogP contribution in [-0.4, -0.2) is 29.6 Å². The quantitative estimate of drug-likeness (QED) is 0.684. The fraction of sp³-hybridized carbons (Fsp3) is 0.800. The van der Waals surface area contributed by atoms with E-state index in [4.69, 9.17) is 5.26 Å². The van der Waals surface area contributed by atoms with Gasteiger partial charge in [-0.25, -0.2) is 0 Å². The third-order valence-corrected chi connectivity index (χ3v) is 1.98. The Morgan fingerprint density at radius 1 is 1.57 bits per heavy atom. The second-order valence-corrected chi connectivity index (χ2v) is 4.06. The Morgan fingerprint density at radius 2 is 2.21 bits per heavy atom. The van der Waals surface area contributed by atoms with Gasteiger partial charge in [0.1, 0.15) is 0 Å². The number of amides is 1. The van der Waals surface area contributed by atoms with Gasteiger partial charge < -0.3 is 4.90 Å². The lowest BCUT2D eigenvalue weighted by Crippen LogP contribution is -2.35. The highest BCUT2D eigenvalue weighted by Crippen LogP contribution is 2.03. The molecule has 0 unspecified atom stereocenters. The molecule has 0 rings (SSSR count). The zero-order chi connectivity index (χ0) is 11.0. The summed E-state index contributed by atoms with van der Waals surface area (Å²) < 4.78 is 0. The minimum absolute atomic E-state index is 0.101. The van der Waals surface area contributed by atoms with Gasteiger partial charge in [-0.15, -0.1) is 0 Å². The van der Waals surface area contributed by atoms with Crippen LogP contribution in [0.4, 0.5) is 0 Å². The minimum atomic E-state index is 0.101. The molecule has 0 saturated carbocycles. The summed E-state index contributed by atoms with van der Waals surface area (Å²) >= 11 is 4.02. The monoisotopic (exact) mass is 214 g/mol. The molecular formula is C10H18N2OS. The molecule has 3 nitrogen and oxygen atoms in total. The van der Waals surface area contributed by atoms with E-state index in [2.05, 4.69) is 32.5 Å². The molecule has 0 atom stereocenters. The van der Waals surface area contributed by atoms with Crippen LogP contribution in [-0.2, 0) is 4.79 Å². The predicted octanol–water partition coefficient (Wildman–Crippen LogP) is 1.70. The van der Waals surface area contributed by atoms with Crippen LogP contribution < -0.4 is 0 Å². The second-order valence-electron chi connectivity index (χ2n) is 3.62. The van der Waals surface area contributed by atoms with Gasteiger partial charge in [0.25, 0.3) is 0 Å². The zero-order valence-corrected chi connectivity index (χ0v) is 9.76. The van der Waals surface area contributed by atoms with Gasteiger partial charge in [0.15, 0.2) is 0 Å². The first-order valence-electron chi connectivity index (χ1n) is 4.87. The van der Waals surface area contributed by atoms with Crippen molar-refractivity contribution in [2.24, 2.45) is 5.92 Å². The van der Waals surface area contributed by atoms with Crippen LogP contribution in [0, 0.1) is 17.2 Å². The molecule has 0 saturated heterocycles. The molecule has 0 fully saturated rings. The number of rotatable bonds is 6. The molecule has 0 aromatic carbocycles. The molecule has 0 aromatic heterocycles. The largest absolute Gasteiger partial charge is 0.341 e. The summed E-state index contributed by atoms with van der Waals surface area (Å²) in [5.41, 5.74) is 0. The van der Waals surface area contributed by atoms with E-state index in [9.17, 15) is 4.79 Å². The van der Waals surface area contributed by atoms with Crippen molar-refractivity contribution >= 4 is 18.5 Å². The van der Waals surface area contributed by atoms with E-state index in [-0.39, 0.29) is 5.91 Å². The average molecular weight is 214 g/mol. The van der Waals surface area contributed by atoms with Crippen molar-refractivity contribution in [1.29, 1.82) is 5.26 Å². The lowest BCUT2D eigenvalue weighted by molar-refractivity contribution is -0.131. The van der Waals surface area contributed by atoms with Crippen LogP contribution in [0.1, 0.15) is 26.7 Å². The maximum absolute atomic E-state index is 11.6. The minimum Gasteiger partial charge on any atom is -0.341 e. The van der Waals surface area contributed by atoms with E-state index < -0.39 is 0 Å². The SMILES string of the molecule is CC(C)CN(CCC#N)C(=O)CCS. The molecule has 1 amide bonds. The van der Waals surface area contributed by atoms with E-state index in [1.165, 1.54) is 0 Å². The van der Waals surface area contributed by atoms with Crippen molar-refractivity contribution < 1.29 is 4.79 Å². The van der Waals surface area contributed by atoms with Gasteiger partial charge in [-0.2, -0.15) is 17.9 Å². The first-order valence-corrected chi connectivity index (χ1v) is 5.50. The van der Waals surface area contributed by atoms with Gasteiger partial charge in [0.05, 0.1) is 12.5 Å². The van der Waals surface area contributed by atoms with Gasteiger partial charge in [-0.05, 0) is 11.7 Å². The van der Waals surface area contributed by atoms with Gasteiger partial charge in [-0.1, -0.05) is 13.8 Å². The predicted molar refractivity (Wildman–Crippen MR) is 60.1 cm³/mol. The van der Waals surface area contributed by atoms with Crippen LogP contribution in [0.25, 0.3) is 0 Å². The molecule has 0 bridgehead atoms. The Balaban J connectivity index is 4.09. The van der Waals surface area contributed by atoms with Crippen molar-refractivity contribution in [3.05, 3.63) is 0 Å². The summed E-state index contributed by atoms with van der Waals surface area (Å²) in [6.45, 7) is 5.40. The molecule has 0 aliphatic rings. The fourth-order valence-electron chi connectivity index (χ4n) is 1.20. The smallest absolute Gasteiger partial charge is 0.223 e. The van der Waals surface area contributed by atoms with Gasteiger partial charge in [-0.3, -0.25) is 4.79 Å². The zero-order valence-electron chi connectivity index (χ0n) is 8.86. The third kappa shape index (κ3) is 5.87. The van der Waals surface area contributed by atoms with Crippen LogP contribution in [0.3, 0.4) is 0 Å². The molecule has 0 aromatic rings. The first kappa shape index (κ1) is 13.3. The van der Waals surface area contributed by atoms with Crippen molar-refractivity contribution in [2.75, 3.05) is 18.8 Å². The lowest BCUT2D eigenvalue weighted by Gasteiger charge is -2.23. The van der Waals surface area contributed by atoms with E-state index in [1.54, 1.807) is 4.90 Å². The van der Waals surface area contributed by atoms with Gasteiger partial charge in [0, 0.05) is 19.5 Å². The number of carbonyl (C=O) groups is 1. The van der Waals surface area contributed by atoms with Crippen LogP contribution in [0.15, 0.2) is 0 Å². The van der Waals surface area contributed by atoms with E-state index in [0.29, 0.717) is 31.1 Å². The fourth-order valence-corrected chi connectivity index (χ4v) is 1.39. The number of hydrogen-bond donors (Lipinski definition) is 1. The molecule has 0 aliphatic heterocycles. The maximum atomic E-state index is 11.6. The van der Waals surface area contributed by atoms with Crippen LogP contribution >= 0.6 is 12.6 Å². The summed E-state index contributed by atoms with van der Waals surface area (Å²) in [6, 6.07) is 2.06. The maximum Gasteiger partial charge on any atom is 0.223 e. The van der Waals surface area contributed by atoms with Gasteiger partial charge >= 0.3 is 0 Å². The highest BCUT2D eigenvalue weighted by Gasteiger charge is 2.13. The molecule has 4 heteroatoms. The van der Waals surface area contributed by atoms with Crippen molar-refractivity contribution in [2.45, 2.75) is 26.7 Å². The van der Waals surface area contributed by atoms with Gasteiger partial charge in [0.2, 0.25) is 5.91 Å². The summed E-state index contributed by atoms with van der Waals surface area (Å²) in [6.07, 6.45) is 0.867. The Bertz CT molecular complexity index is 211. The van der Waals surface area contributed by atoms with E-state index >= 15 is 0 Å². The Kier molecular flexibility index (Phi) is 7.31. The summed E-state index contributed by atoms with van der Waals surface area (Å²) in [5.74, 6) is 1.11. The molecule has 0 spiro atoms. The van der Waals surface area contributed by atoms with Crippen molar-refractivity contribution in [3.8, 4) is 6.07 Å². The Hall–Kier alpha value is -0.690. The van der Waals surface area contributed by atoms with E-state index in [1.807, 2.05) is 0 Å². The molecule has 0 aliphatic carbocycles. The number of thiol groups is 1. The lowest BCUT2D eigenvalue weighted by atomic mass is 10.2. The number of hydrogen-bond acceptors (Lipinski definition) is 3.